The summed E-state index contributed by atoms with van der Waals surface area (Å²) in [7, 11) is 3.87. The molecule has 2 aromatic carbocycles. The molecule has 0 aliphatic heterocycles. The number of hydrogen-bond donors (Lipinski definition) is 1. The SMILES string of the molecule is CN(C)c1ccc(NC(=O)c2ccco2)cc1CN(C(=O)c1ccc(F)cc1)C1CC1. The Morgan fingerprint density at radius 1 is 1.10 bits per heavy atom. The molecule has 160 valence electrons. The number of halogens is 1. The van der Waals surface area contributed by atoms with Crippen molar-refractivity contribution < 1.29 is 18.4 Å². The number of hydrogen-bond acceptors (Lipinski definition) is 4. The summed E-state index contributed by atoms with van der Waals surface area (Å²) in [5.74, 6) is -0.610. The van der Waals surface area contributed by atoms with Crippen molar-refractivity contribution in [3.63, 3.8) is 0 Å². The highest BCUT2D eigenvalue weighted by Crippen LogP contribution is 2.33. The van der Waals surface area contributed by atoms with E-state index in [9.17, 15) is 14.0 Å². The highest BCUT2D eigenvalue weighted by atomic mass is 19.1. The van der Waals surface area contributed by atoms with Crippen LogP contribution in [0.3, 0.4) is 0 Å². The fourth-order valence-electron chi connectivity index (χ4n) is 3.52. The first-order valence-electron chi connectivity index (χ1n) is 10.1. The van der Waals surface area contributed by atoms with Gasteiger partial charge >= 0.3 is 0 Å². The first-order valence-corrected chi connectivity index (χ1v) is 10.1. The molecule has 0 radical (unpaired) electrons. The van der Waals surface area contributed by atoms with Crippen LogP contribution in [-0.2, 0) is 6.54 Å². The summed E-state index contributed by atoms with van der Waals surface area (Å²) in [6.45, 7) is 0.388. The largest absolute Gasteiger partial charge is 0.459 e. The molecular weight excluding hydrogens is 397 g/mol. The molecule has 3 aromatic rings. The molecule has 1 saturated carbocycles. The van der Waals surface area contributed by atoms with E-state index in [0.29, 0.717) is 17.8 Å². The number of amides is 2. The standard InChI is InChI=1S/C24H24FN3O3/c1-27(2)21-12-9-19(26-23(29)22-4-3-13-31-22)14-17(21)15-28(20-10-11-20)24(30)16-5-7-18(25)8-6-16/h3-9,12-14,20H,10-11,15H2,1-2H3,(H,26,29). The van der Waals surface area contributed by atoms with E-state index in [2.05, 4.69) is 5.32 Å². The molecular formula is C24H24FN3O3. The van der Waals surface area contributed by atoms with Crippen molar-refractivity contribution in [2.24, 2.45) is 0 Å². The quantitative estimate of drug-likeness (QED) is 0.608. The molecule has 0 atom stereocenters. The predicted molar refractivity (Wildman–Crippen MR) is 117 cm³/mol. The van der Waals surface area contributed by atoms with E-state index in [4.69, 9.17) is 4.42 Å². The Balaban J connectivity index is 1.60. The van der Waals surface area contributed by atoms with Crippen molar-refractivity contribution in [2.45, 2.75) is 25.4 Å². The van der Waals surface area contributed by atoms with E-state index in [1.807, 2.05) is 42.1 Å². The van der Waals surface area contributed by atoms with Crippen molar-refractivity contribution in [3.05, 3.63) is 83.6 Å². The molecule has 1 heterocycles. The van der Waals surface area contributed by atoms with Gasteiger partial charge in [-0.2, -0.15) is 0 Å². The maximum Gasteiger partial charge on any atom is 0.291 e. The molecule has 31 heavy (non-hydrogen) atoms. The zero-order valence-corrected chi connectivity index (χ0v) is 17.5. The van der Waals surface area contributed by atoms with Crippen LogP contribution in [0.4, 0.5) is 15.8 Å². The van der Waals surface area contributed by atoms with E-state index in [1.165, 1.54) is 30.5 Å². The van der Waals surface area contributed by atoms with Gasteiger partial charge in [0.1, 0.15) is 5.82 Å². The molecule has 7 heteroatoms. The first kappa shape index (κ1) is 20.7. The van der Waals surface area contributed by atoms with Gasteiger partial charge < -0.3 is 19.5 Å². The third kappa shape index (κ3) is 4.77. The minimum absolute atomic E-state index is 0.128. The van der Waals surface area contributed by atoms with E-state index in [0.717, 1.165) is 24.1 Å². The maximum atomic E-state index is 13.3. The Morgan fingerprint density at radius 3 is 2.45 bits per heavy atom. The van der Waals surface area contributed by atoms with E-state index in [1.54, 1.807) is 12.1 Å². The van der Waals surface area contributed by atoms with Gasteiger partial charge in [0.05, 0.1) is 6.26 Å². The predicted octanol–water partition coefficient (Wildman–Crippen LogP) is 4.54. The van der Waals surface area contributed by atoms with Gasteiger partial charge in [0.15, 0.2) is 5.76 Å². The van der Waals surface area contributed by atoms with Gasteiger partial charge in [-0.15, -0.1) is 0 Å². The maximum absolute atomic E-state index is 13.3. The summed E-state index contributed by atoms with van der Waals surface area (Å²) < 4.78 is 18.4. The molecule has 6 nitrogen and oxygen atoms in total. The van der Waals surface area contributed by atoms with Crippen LogP contribution in [0.15, 0.2) is 65.3 Å². The molecule has 0 saturated heterocycles. The second-order valence-electron chi connectivity index (χ2n) is 7.84. The lowest BCUT2D eigenvalue weighted by molar-refractivity contribution is 0.0730. The van der Waals surface area contributed by atoms with Gasteiger partial charge in [-0.1, -0.05) is 0 Å². The normalized spacial score (nSPS) is 13.0. The van der Waals surface area contributed by atoms with Gasteiger partial charge in [-0.05, 0) is 73.0 Å². The van der Waals surface area contributed by atoms with Crippen molar-refractivity contribution in [3.8, 4) is 0 Å². The van der Waals surface area contributed by atoms with Crippen LogP contribution < -0.4 is 10.2 Å². The first-order chi connectivity index (χ1) is 14.9. The van der Waals surface area contributed by atoms with Gasteiger partial charge in [-0.25, -0.2) is 4.39 Å². The van der Waals surface area contributed by atoms with Crippen molar-refractivity contribution in [2.75, 3.05) is 24.3 Å². The third-order valence-corrected chi connectivity index (χ3v) is 5.24. The van der Waals surface area contributed by atoms with Crippen LogP contribution >= 0.6 is 0 Å². The van der Waals surface area contributed by atoms with Crippen LogP contribution in [0, 0.1) is 5.82 Å². The summed E-state index contributed by atoms with van der Waals surface area (Å²) in [5.41, 5.74) is 2.94. The number of rotatable bonds is 7. The molecule has 1 N–H and O–H groups in total. The van der Waals surface area contributed by atoms with Gasteiger partial charge in [0.25, 0.3) is 11.8 Å². The van der Waals surface area contributed by atoms with E-state index < -0.39 is 0 Å². The van der Waals surface area contributed by atoms with Crippen molar-refractivity contribution >= 4 is 23.2 Å². The number of nitrogens with zero attached hydrogens (tertiary/aromatic N) is 2. The Labute approximate surface area is 180 Å². The fraction of sp³-hybridized carbons (Fsp3) is 0.250. The molecule has 0 unspecified atom stereocenters. The van der Waals surface area contributed by atoms with Crippen molar-refractivity contribution in [1.29, 1.82) is 0 Å². The molecule has 0 bridgehead atoms. The molecule has 1 aromatic heterocycles. The highest BCUT2D eigenvalue weighted by Gasteiger charge is 2.33. The molecule has 1 aliphatic rings. The number of nitrogens with one attached hydrogen (secondary N) is 1. The third-order valence-electron chi connectivity index (χ3n) is 5.24. The summed E-state index contributed by atoms with van der Waals surface area (Å²) in [6.07, 6.45) is 3.34. The minimum Gasteiger partial charge on any atom is -0.459 e. The number of anilines is 2. The lowest BCUT2D eigenvalue weighted by Gasteiger charge is -2.26. The summed E-state index contributed by atoms with van der Waals surface area (Å²) in [6, 6.07) is 14.7. The zero-order chi connectivity index (χ0) is 22.0. The Hall–Kier alpha value is -3.61. The second-order valence-corrected chi connectivity index (χ2v) is 7.84. The summed E-state index contributed by atoms with van der Waals surface area (Å²) in [4.78, 5) is 29.3. The topological polar surface area (TPSA) is 65.8 Å². The van der Waals surface area contributed by atoms with Crippen molar-refractivity contribution in [1.82, 2.24) is 4.90 Å². The molecule has 1 fully saturated rings. The van der Waals surface area contributed by atoms with E-state index in [-0.39, 0.29) is 29.4 Å². The monoisotopic (exact) mass is 421 g/mol. The molecule has 2 amide bonds. The van der Waals surface area contributed by atoms with Gasteiger partial charge in [0.2, 0.25) is 0 Å². The smallest absolute Gasteiger partial charge is 0.291 e. The summed E-state index contributed by atoms with van der Waals surface area (Å²) in [5, 5.41) is 2.84. The Bertz CT molecular complexity index is 1070. The van der Waals surface area contributed by atoms with E-state index >= 15 is 0 Å². The fourth-order valence-corrected chi connectivity index (χ4v) is 3.52. The number of furan rings is 1. The second kappa shape index (κ2) is 8.63. The number of carbonyl (C=O) groups is 2. The Kier molecular flexibility index (Phi) is 5.75. The average Bonchev–Trinajstić information content (AvgIpc) is 3.44. The molecule has 4 rings (SSSR count). The van der Waals surface area contributed by atoms with Crippen LogP contribution in [-0.4, -0.2) is 36.9 Å². The number of benzene rings is 2. The summed E-state index contributed by atoms with van der Waals surface area (Å²) >= 11 is 0. The highest BCUT2D eigenvalue weighted by molar-refractivity contribution is 6.02. The van der Waals surface area contributed by atoms with Crippen LogP contribution in [0.25, 0.3) is 0 Å². The molecule has 0 spiro atoms. The van der Waals surface area contributed by atoms with Crippen LogP contribution in [0.2, 0.25) is 0 Å². The minimum atomic E-state index is -0.371. The molecule has 1 aliphatic carbocycles. The van der Waals surface area contributed by atoms with Gasteiger partial charge in [-0.3, -0.25) is 9.59 Å². The lowest BCUT2D eigenvalue weighted by atomic mass is 10.1. The van der Waals surface area contributed by atoms with Crippen LogP contribution in [0.1, 0.15) is 39.3 Å². The zero-order valence-electron chi connectivity index (χ0n) is 17.5. The van der Waals surface area contributed by atoms with Gasteiger partial charge in [0, 0.05) is 43.6 Å². The Morgan fingerprint density at radius 2 is 1.84 bits per heavy atom. The lowest BCUT2D eigenvalue weighted by Crippen LogP contribution is -2.33. The van der Waals surface area contributed by atoms with Crippen LogP contribution in [0.5, 0.6) is 0 Å². The average molecular weight is 421 g/mol. The number of carbonyl (C=O) groups excluding carboxylic acids is 2.